The van der Waals surface area contributed by atoms with E-state index >= 15 is 0 Å². The van der Waals surface area contributed by atoms with Gasteiger partial charge in [-0.25, -0.2) is 0 Å². The van der Waals surface area contributed by atoms with Crippen LogP contribution in [0.2, 0.25) is 5.02 Å². The molecule has 1 aliphatic carbocycles. The Labute approximate surface area is 145 Å². The van der Waals surface area contributed by atoms with E-state index in [0.717, 1.165) is 12.8 Å². The zero-order valence-corrected chi connectivity index (χ0v) is 14.3. The van der Waals surface area contributed by atoms with E-state index < -0.39 is 10.5 Å². The maximum Gasteiger partial charge on any atom is 0.269 e. The molecule has 1 N–H and O–H groups in total. The molecular formula is C16H19ClN4O3. The monoisotopic (exact) mass is 350 g/mol. The summed E-state index contributed by atoms with van der Waals surface area (Å²) in [6.07, 6.45) is 1.90. The topological polar surface area (TPSA) is 99.3 Å². The second kappa shape index (κ2) is 7.16. The Morgan fingerprint density at radius 2 is 2.25 bits per heavy atom. The van der Waals surface area contributed by atoms with E-state index in [2.05, 4.69) is 11.4 Å². The van der Waals surface area contributed by atoms with Gasteiger partial charge in [0.1, 0.15) is 5.54 Å². The number of likely N-dealkylation sites (N-methyl/N-ethyl adjacent to an activating group) is 1. The summed E-state index contributed by atoms with van der Waals surface area (Å²) in [5, 5.41) is 23.3. The molecular weight excluding hydrogens is 332 g/mol. The van der Waals surface area contributed by atoms with E-state index in [4.69, 9.17) is 11.6 Å². The van der Waals surface area contributed by atoms with Gasteiger partial charge in [0.05, 0.1) is 17.5 Å². The third-order valence-electron chi connectivity index (χ3n) is 4.12. The molecule has 1 aromatic carbocycles. The first-order valence-electron chi connectivity index (χ1n) is 7.59. The fourth-order valence-electron chi connectivity index (χ4n) is 2.60. The molecule has 0 heterocycles. The van der Waals surface area contributed by atoms with Crippen LogP contribution in [0.5, 0.6) is 0 Å². The fraction of sp³-hybridized carbons (Fsp3) is 0.500. The molecule has 0 aromatic heterocycles. The number of nitrogens with zero attached hydrogens (tertiary/aromatic N) is 3. The Morgan fingerprint density at radius 3 is 2.79 bits per heavy atom. The van der Waals surface area contributed by atoms with Crippen molar-refractivity contribution in [2.75, 3.05) is 13.6 Å². The Kier molecular flexibility index (Phi) is 5.42. The molecule has 2 rings (SSSR count). The molecule has 1 aliphatic rings. The number of nitro benzene ring substituents is 1. The highest BCUT2D eigenvalue weighted by Crippen LogP contribution is 2.39. The highest BCUT2D eigenvalue weighted by Gasteiger charge is 2.43. The maximum absolute atomic E-state index is 12.2. The highest BCUT2D eigenvalue weighted by atomic mass is 35.5. The number of benzene rings is 1. The molecule has 8 heteroatoms. The lowest BCUT2D eigenvalue weighted by Gasteiger charge is -2.25. The summed E-state index contributed by atoms with van der Waals surface area (Å²) in [7, 11) is 1.72. The van der Waals surface area contributed by atoms with Crippen LogP contribution in [0.1, 0.15) is 25.3 Å². The average molecular weight is 351 g/mol. The zero-order chi connectivity index (χ0) is 17.9. The second-order valence-corrected chi connectivity index (χ2v) is 6.75. The van der Waals surface area contributed by atoms with Gasteiger partial charge in [0.15, 0.2) is 0 Å². The lowest BCUT2D eigenvalue weighted by molar-refractivity contribution is -0.384. The minimum atomic E-state index is -0.832. The molecule has 24 heavy (non-hydrogen) atoms. The van der Waals surface area contributed by atoms with Crippen LogP contribution in [0.3, 0.4) is 0 Å². The van der Waals surface area contributed by atoms with Crippen molar-refractivity contribution < 1.29 is 9.72 Å². The highest BCUT2D eigenvalue weighted by molar-refractivity contribution is 6.31. The number of nitrogens with one attached hydrogen (secondary N) is 1. The van der Waals surface area contributed by atoms with Crippen LogP contribution in [0.4, 0.5) is 5.69 Å². The molecule has 0 radical (unpaired) electrons. The molecule has 0 saturated heterocycles. The van der Waals surface area contributed by atoms with Gasteiger partial charge < -0.3 is 5.32 Å². The predicted molar refractivity (Wildman–Crippen MR) is 89.3 cm³/mol. The van der Waals surface area contributed by atoms with Crippen molar-refractivity contribution in [2.24, 2.45) is 5.92 Å². The number of amides is 1. The van der Waals surface area contributed by atoms with Gasteiger partial charge in [-0.3, -0.25) is 19.8 Å². The largest absolute Gasteiger partial charge is 0.337 e. The van der Waals surface area contributed by atoms with Gasteiger partial charge >= 0.3 is 0 Å². The van der Waals surface area contributed by atoms with Gasteiger partial charge in [-0.05, 0) is 44.4 Å². The zero-order valence-electron chi connectivity index (χ0n) is 13.6. The molecule has 0 aliphatic heterocycles. The number of carbonyl (C=O) groups is 1. The summed E-state index contributed by atoms with van der Waals surface area (Å²) in [4.78, 5) is 24.2. The third kappa shape index (κ3) is 4.43. The van der Waals surface area contributed by atoms with Gasteiger partial charge in [-0.2, -0.15) is 5.26 Å². The number of carbonyl (C=O) groups excluding carboxylic acids is 1. The van der Waals surface area contributed by atoms with Crippen LogP contribution in [-0.2, 0) is 11.3 Å². The van der Waals surface area contributed by atoms with Crippen LogP contribution in [0, 0.1) is 27.4 Å². The number of hydrogen-bond acceptors (Lipinski definition) is 5. The SMILES string of the molecule is CN(CC(=O)NC(C)(C#N)C1CC1)Cc1cc([N+](=O)[O-])ccc1Cl. The Morgan fingerprint density at radius 1 is 1.58 bits per heavy atom. The standard InChI is InChI=1S/C16H19ClN4O3/c1-16(10-18,12-3-4-12)19-15(22)9-20(2)8-11-7-13(21(23)24)5-6-14(11)17/h5-7,12H,3-4,8-9H2,1-2H3,(H,19,22). The predicted octanol–water partition coefficient (Wildman–Crippen LogP) is 2.49. The van der Waals surface area contributed by atoms with Crippen LogP contribution >= 0.6 is 11.6 Å². The first kappa shape index (κ1) is 18.2. The summed E-state index contributed by atoms with van der Waals surface area (Å²) in [6.45, 7) is 2.10. The summed E-state index contributed by atoms with van der Waals surface area (Å²) in [5.74, 6) is -0.0435. The lowest BCUT2D eigenvalue weighted by Crippen LogP contribution is -2.49. The van der Waals surface area contributed by atoms with Gasteiger partial charge in [-0.15, -0.1) is 0 Å². The number of nitriles is 1. The van der Waals surface area contributed by atoms with Crippen LogP contribution < -0.4 is 5.32 Å². The first-order valence-corrected chi connectivity index (χ1v) is 7.96. The Hall–Kier alpha value is -2.17. The second-order valence-electron chi connectivity index (χ2n) is 6.34. The van der Waals surface area contributed by atoms with E-state index in [-0.39, 0.29) is 24.1 Å². The third-order valence-corrected chi connectivity index (χ3v) is 4.49. The fourth-order valence-corrected chi connectivity index (χ4v) is 2.78. The van der Waals surface area contributed by atoms with Gasteiger partial charge in [0, 0.05) is 23.7 Å². The van der Waals surface area contributed by atoms with Crippen molar-refractivity contribution in [3.63, 3.8) is 0 Å². The Bertz CT molecular complexity index is 699. The Balaban J connectivity index is 1.97. The molecule has 1 atom stereocenters. The van der Waals surface area contributed by atoms with E-state index in [9.17, 15) is 20.2 Å². The molecule has 1 fully saturated rings. The molecule has 128 valence electrons. The van der Waals surface area contributed by atoms with Gasteiger partial charge in [0.25, 0.3) is 5.69 Å². The smallest absolute Gasteiger partial charge is 0.269 e. The van der Waals surface area contributed by atoms with E-state index in [0.29, 0.717) is 17.1 Å². The van der Waals surface area contributed by atoms with E-state index in [1.165, 1.54) is 18.2 Å². The number of rotatable bonds is 7. The van der Waals surface area contributed by atoms with Crippen LogP contribution in [-0.4, -0.2) is 34.9 Å². The number of hydrogen-bond donors (Lipinski definition) is 1. The van der Waals surface area contributed by atoms with Crippen LogP contribution in [0.25, 0.3) is 0 Å². The molecule has 0 spiro atoms. The minimum absolute atomic E-state index is 0.0435. The van der Waals surface area contributed by atoms with E-state index in [1.807, 2.05) is 0 Å². The molecule has 0 bridgehead atoms. The van der Waals surface area contributed by atoms with Crippen molar-refractivity contribution in [1.29, 1.82) is 5.26 Å². The summed E-state index contributed by atoms with van der Waals surface area (Å²) in [6, 6.07) is 6.39. The summed E-state index contributed by atoms with van der Waals surface area (Å²) >= 11 is 6.07. The van der Waals surface area contributed by atoms with Crippen molar-refractivity contribution in [3.05, 3.63) is 38.9 Å². The van der Waals surface area contributed by atoms with Gasteiger partial charge in [0.2, 0.25) is 5.91 Å². The molecule has 1 aromatic rings. The van der Waals surface area contributed by atoms with Crippen molar-refractivity contribution in [1.82, 2.24) is 10.2 Å². The first-order chi connectivity index (χ1) is 11.2. The average Bonchev–Trinajstić information content (AvgIpc) is 3.33. The summed E-state index contributed by atoms with van der Waals surface area (Å²) in [5.41, 5.74) is -0.300. The number of nitro groups is 1. The van der Waals surface area contributed by atoms with E-state index in [1.54, 1.807) is 18.9 Å². The maximum atomic E-state index is 12.2. The van der Waals surface area contributed by atoms with Crippen LogP contribution in [0.15, 0.2) is 18.2 Å². The van der Waals surface area contributed by atoms with Crippen molar-refractivity contribution in [2.45, 2.75) is 31.8 Å². The molecule has 1 amide bonds. The summed E-state index contributed by atoms with van der Waals surface area (Å²) < 4.78 is 0. The number of non-ortho nitro benzene ring substituents is 1. The minimum Gasteiger partial charge on any atom is -0.337 e. The molecule has 7 nitrogen and oxygen atoms in total. The number of halogens is 1. The normalized spacial score (nSPS) is 16.3. The molecule has 1 saturated carbocycles. The van der Waals surface area contributed by atoms with Crippen molar-refractivity contribution >= 4 is 23.2 Å². The van der Waals surface area contributed by atoms with Gasteiger partial charge in [-0.1, -0.05) is 11.6 Å². The van der Waals surface area contributed by atoms with Crippen molar-refractivity contribution in [3.8, 4) is 6.07 Å². The quantitative estimate of drug-likeness (QED) is 0.601. The molecule has 1 unspecified atom stereocenters. The lowest BCUT2D eigenvalue weighted by atomic mass is 9.98.